The molecular formula is C16H25F3N2O. The minimum absolute atomic E-state index is 0.125. The summed E-state index contributed by atoms with van der Waals surface area (Å²) in [6.07, 6.45) is 0.648. The van der Waals surface area contributed by atoms with Crippen LogP contribution in [0.5, 0.6) is 0 Å². The zero-order valence-corrected chi connectivity index (χ0v) is 12.8. The smallest absolute Gasteiger partial charge is 0.356 e. The summed E-state index contributed by atoms with van der Waals surface area (Å²) in [4.78, 5) is 12.2. The summed E-state index contributed by atoms with van der Waals surface area (Å²) in [5.74, 6) is -0.660. The van der Waals surface area contributed by atoms with E-state index in [0.29, 0.717) is 19.4 Å². The van der Waals surface area contributed by atoms with Crippen LogP contribution in [-0.2, 0) is 4.79 Å². The molecule has 22 heavy (non-hydrogen) atoms. The van der Waals surface area contributed by atoms with E-state index in [9.17, 15) is 18.0 Å². The van der Waals surface area contributed by atoms with Crippen LogP contribution in [0.15, 0.2) is 0 Å². The molecule has 1 aliphatic heterocycles. The molecule has 1 saturated heterocycles. The van der Waals surface area contributed by atoms with Crippen LogP contribution in [0, 0.1) is 23.2 Å². The lowest BCUT2D eigenvalue weighted by Crippen LogP contribution is -2.37. The normalized spacial score (nSPS) is 34.4. The highest BCUT2D eigenvalue weighted by molar-refractivity contribution is 5.82. The predicted molar refractivity (Wildman–Crippen MR) is 77.2 cm³/mol. The number of amides is 1. The van der Waals surface area contributed by atoms with E-state index in [4.69, 9.17) is 0 Å². The molecule has 0 aromatic rings. The third kappa shape index (κ3) is 3.42. The van der Waals surface area contributed by atoms with Gasteiger partial charge < -0.3 is 10.6 Å². The lowest BCUT2D eigenvalue weighted by Gasteiger charge is -2.30. The maximum atomic E-state index is 12.6. The number of alkyl halides is 3. The van der Waals surface area contributed by atoms with Gasteiger partial charge in [-0.15, -0.1) is 0 Å². The second-order valence-electron chi connectivity index (χ2n) is 7.37. The van der Waals surface area contributed by atoms with Crippen molar-refractivity contribution in [1.82, 2.24) is 10.6 Å². The fourth-order valence-electron chi connectivity index (χ4n) is 4.26. The molecular weight excluding hydrogens is 293 g/mol. The zero-order chi connectivity index (χ0) is 15.8. The Kier molecular flexibility index (Phi) is 4.40. The molecule has 126 valence electrons. The first kappa shape index (κ1) is 16.1. The second-order valence-corrected chi connectivity index (χ2v) is 7.37. The van der Waals surface area contributed by atoms with Crippen molar-refractivity contribution in [2.75, 3.05) is 19.6 Å². The first-order valence-corrected chi connectivity index (χ1v) is 8.46. The van der Waals surface area contributed by atoms with Crippen molar-refractivity contribution in [2.45, 2.75) is 51.1 Å². The SMILES string of the molecule is O=C(NCC1CCC(C(F)(F)F)CC1)C1CC12CCNCC2. The highest BCUT2D eigenvalue weighted by atomic mass is 19.4. The maximum Gasteiger partial charge on any atom is 0.391 e. The van der Waals surface area contributed by atoms with Crippen LogP contribution in [0.3, 0.4) is 0 Å². The van der Waals surface area contributed by atoms with E-state index in [1.165, 1.54) is 0 Å². The van der Waals surface area contributed by atoms with E-state index in [1.54, 1.807) is 0 Å². The van der Waals surface area contributed by atoms with Gasteiger partial charge in [-0.05, 0) is 69.4 Å². The van der Waals surface area contributed by atoms with Gasteiger partial charge in [0.2, 0.25) is 5.91 Å². The number of rotatable bonds is 3. The quantitative estimate of drug-likeness (QED) is 0.840. The number of halogens is 3. The third-order valence-electron chi connectivity index (χ3n) is 5.98. The van der Waals surface area contributed by atoms with Crippen LogP contribution >= 0.6 is 0 Å². The molecule has 0 radical (unpaired) electrons. The second kappa shape index (κ2) is 6.02. The van der Waals surface area contributed by atoms with E-state index in [1.807, 2.05) is 0 Å². The Bertz CT molecular complexity index is 410. The van der Waals surface area contributed by atoms with E-state index in [-0.39, 0.29) is 36.0 Å². The van der Waals surface area contributed by atoms with Gasteiger partial charge in [0.25, 0.3) is 0 Å². The van der Waals surface area contributed by atoms with Crippen molar-refractivity contribution in [1.29, 1.82) is 0 Å². The number of nitrogens with one attached hydrogen (secondary N) is 2. The molecule has 3 aliphatic rings. The summed E-state index contributed by atoms with van der Waals surface area (Å²) in [5, 5.41) is 6.32. The largest absolute Gasteiger partial charge is 0.391 e. The third-order valence-corrected chi connectivity index (χ3v) is 5.98. The molecule has 3 rings (SSSR count). The Morgan fingerprint density at radius 2 is 1.77 bits per heavy atom. The lowest BCUT2D eigenvalue weighted by atomic mass is 9.81. The van der Waals surface area contributed by atoms with Gasteiger partial charge in [0.15, 0.2) is 0 Å². The zero-order valence-electron chi connectivity index (χ0n) is 12.8. The van der Waals surface area contributed by atoms with Crippen molar-refractivity contribution >= 4 is 5.91 Å². The van der Waals surface area contributed by atoms with Crippen molar-refractivity contribution in [3.05, 3.63) is 0 Å². The molecule has 1 unspecified atom stereocenters. The van der Waals surface area contributed by atoms with Crippen molar-refractivity contribution in [3.8, 4) is 0 Å². The molecule has 1 heterocycles. The Hall–Kier alpha value is -0.780. The predicted octanol–water partition coefficient (Wildman–Crippen LogP) is 2.86. The molecule has 2 N–H and O–H groups in total. The minimum atomic E-state index is -4.05. The monoisotopic (exact) mass is 318 g/mol. The fraction of sp³-hybridized carbons (Fsp3) is 0.938. The summed E-state index contributed by atoms with van der Waals surface area (Å²) in [6, 6.07) is 0. The summed E-state index contributed by atoms with van der Waals surface area (Å²) < 4.78 is 37.9. The maximum absolute atomic E-state index is 12.6. The number of carbonyl (C=O) groups is 1. The highest BCUT2D eigenvalue weighted by Crippen LogP contribution is 2.58. The number of hydrogen-bond donors (Lipinski definition) is 2. The molecule has 0 aromatic heterocycles. The molecule has 2 saturated carbocycles. The summed E-state index contributed by atoms with van der Waals surface area (Å²) in [5.41, 5.74) is 0.225. The fourth-order valence-corrected chi connectivity index (χ4v) is 4.26. The first-order valence-electron chi connectivity index (χ1n) is 8.46. The Balaban J connectivity index is 1.38. The van der Waals surface area contributed by atoms with Crippen molar-refractivity contribution in [2.24, 2.45) is 23.2 Å². The van der Waals surface area contributed by atoms with E-state index in [2.05, 4.69) is 10.6 Å². The molecule has 3 nitrogen and oxygen atoms in total. The Morgan fingerprint density at radius 3 is 2.36 bits per heavy atom. The number of hydrogen-bond acceptors (Lipinski definition) is 2. The molecule has 0 aromatic carbocycles. The molecule has 1 spiro atoms. The van der Waals surface area contributed by atoms with Gasteiger partial charge in [-0.1, -0.05) is 0 Å². The summed E-state index contributed by atoms with van der Waals surface area (Å²) in [7, 11) is 0. The summed E-state index contributed by atoms with van der Waals surface area (Å²) in [6.45, 7) is 2.53. The Labute approximate surface area is 129 Å². The lowest BCUT2D eigenvalue weighted by molar-refractivity contribution is -0.183. The molecule has 0 bridgehead atoms. The minimum Gasteiger partial charge on any atom is -0.356 e. The van der Waals surface area contributed by atoms with Gasteiger partial charge in [-0.25, -0.2) is 0 Å². The highest BCUT2D eigenvalue weighted by Gasteiger charge is 2.57. The molecule has 3 fully saturated rings. The molecule has 1 amide bonds. The van der Waals surface area contributed by atoms with Gasteiger partial charge in [-0.3, -0.25) is 4.79 Å². The number of piperidine rings is 1. The number of carbonyl (C=O) groups excluding carboxylic acids is 1. The van der Waals surface area contributed by atoms with Crippen molar-refractivity contribution in [3.63, 3.8) is 0 Å². The van der Waals surface area contributed by atoms with Crippen LogP contribution < -0.4 is 10.6 Å². The van der Waals surface area contributed by atoms with Gasteiger partial charge in [0.05, 0.1) is 5.92 Å². The van der Waals surface area contributed by atoms with Crippen LogP contribution in [0.4, 0.5) is 13.2 Å². The van der Waals surface area contributed by atoms with Crippen LogP contribution in [0.1, 0.15) is 44.9 Å². The van der Waals surface area contributed by atoms with Crippen LogP contribution in [0.25, 0.3) is 0 Å². The van der Waals surface area contributed by atoms with Gasteiger partial charge >= 0.3 is 6.18 Å². The standard InChI is InChI=1S/C16H25F3N2O/c17-16(18,19)12-3-1-11(2-4-12)10-21-14(22)13-9-15(13)5-7-20-8-6-15/h11-13,20H,1-10H2,(H,21,22). The molecule has 2 aliphatic carbocycles. The first-order chi connectivity index (χ1) is 10.4. The van der Waals surface area contributed by atoms with Crippen molar-refractivity contribution < 1.29 is 18.0 Å². The van der Waals surface area contributed by atoms with E-state index < -0.39 is 12.1 Å². The average molecular weight is 318 g/mol. The summed E-state index contributed by atoms with van der Waals surface area (Å²) >= 11 is 0. The van der Waals surface area contributed by atoms with Gasteiger partial charge in [0.1, 0.15) is 0 Å². The topological polar surface area (TPSA) is 41.1 Å². The Morgan fingerprint density at radius 1 is 1.14 bits per heavy atom. The van der Waals surface area contributed by atoms with E-state index in [0.717, 1.165) is 32.4 Å². The van der Waals surface area contributed by atoms with E-state index >= 15 is 0 Å². The van der Waals surface area contributed by atoms with Crippen LogP contribution in [0.2, 0.25) is 0 Å². The van der Waals surface area contributed by atoms with Gasteiger partial charge in [0, 0.05) is 12.5 Å². The van der Waals surface area contributed by atoms with Crippen LogP contribution in [-0.4, -0.2) is 31.7 Å². The molecule has 6 heteroatoms. The molecule has 1 atom stereocenters. The average Bonchev–Trinajstić information content (AvgIpc) is 3.18. The van der Waals surface area contributed by atoms with Gasteiger partial charge in [-0.2, -0.15) is 13.2 Å².